The Morgan fingerprint density at radius 1 is 1.07 bits per heavy atom. The molecule has 0 spiro atoms. The lowest BCUT2D eigenvalue weighted by molar-refractivity contribution is -0.128. The predicted octanol–water partition coefficient (Wildman–Crippen LogP) is 2.83. The molecule has 1 unspecified atom stereocenters. The molecule has 1 aliphatic rings. The molecular formula is C23H26N2O3. The largest absolute Gasteiger partial charge is 0.383 e. The molecule has 1 heterocycles. The van der Waals surface area contributed by atoms with Crippen LogP contribution >= 0.6 is 0 Å². The molecule has 0 aromatic heterocycles. The van der Waals surface area contributed by atoms with Crippen LogP contribution in [-0.2, 0) is 16.0 Å². The number of nitrogens with one attached hydrogen (secondary N) is 1. The number of carbonyl (C=O) groups excluding carboxylic acids is 2. The fourth-order valence-corrected chi connectivity index (χ4v) is 3.54. The Morgan fingerprint density at radius 3 is 2.36 bits per heavy atom. The molecule has 2 aromatic rings. The third kappa shape index (κ3) is 4.15. The molecular weight excluding hydrogens is 352 g/mol. The third-order valence-corrected chi connectivity index (χ3v) is 5.05. The first kappa shape index (κ1) is 19.8. The number of hydrogen-bond acceptors (Lipinski definition) is 3. The van der Waals surface area contributed by atoms with Crippen molar-refractivity contribution in [2.24, 2.45) is 0 Å². The summed E-state index contributed by atoms with van der Waals surface area (Å²) < 4.78 is 5.02. The van der Waals surface area contributed by atoms with Crippen LogP contribution in [0.5, 0.6) is 0 Å². The highest BCUT2D eigenvalue weighted by atomic mass is 16.5. The standard InChI is InChI=1S/C23H26N2O3/c1-23(22(27)24-15-16-28-2)14-13-20(17-18-9-5-3-6-10-18)25(23)21(26)19-11-7-4-8-12-19/h3-14,20H,15-17H2,1-2H3,(H,24,27)/t20?,23-/m1/s1. The van der Waals surface area contributed by atoms with Crippen molar-refractivity contribution in [2.75, 3.05) is 20.3 Å². The van der Waals surface area contributed by atoms with Crippen LogP contribution in [0, 0.1) is 0 Å². The van der Waals surface area contributed by atoms with Crippen molar-refractivity contribution in [1.29, 1.82) is 0 Å². The Morgan fingerprint density at radius 2 is 1.71 bits per heavy atom. The molecule has 0 radical (unpaired) electrons. The van der Waals surface area contributed by atoms with Crippen molar-refractivity contribution >= 4 is 11.8 Å². The number of carbonyl (C=O) groups is 2. The highest BCUT2D eigenvalue weighted by Crippen LogP contribution is 2.31. The zero-order valence-corrected chi connectivity index (χ0v) is 16.3. The Hall–Kier alpha value is -2.92. The van der Waals surface area contributed by atoms with Crippen LogP contribution in [0.4, 0.5) is 0 Å². The summed E-state index contributed by atoms with van der Waals surface area (Å²) in [5.41, 5.74) is 0.632. The van der Waals surface area contributed by atoms with Crippen LogP contribution in [0.2, 0.25) is 0 Å². The number of nitrogens with zero attached hydrogens (tertiary/aromatic N) is 1. The summed E-state index contributed by atoms with van der Waals surface area (Å²) in [6.45, 7) is 2.61. The first-order valence-corrected chi connectivity index (χ1v) is 9.45. The molecule has 28 heavy (non-hydrogen) atoms. The van der Waals surface area contributed by atoms with E-state index in [9.17, 15) is 9.59 Å². The quantitative estimate of drug-likeness (QED) is 0.595. The number of rotatable bonds is 7. The zero-order chi connectivity index (χ0) is 20.0. The van der Waals surface area contributed by atoms with E-state index in [0.717, 1.165) is 5.56 Å². The molecule has 2 amide bonds. The van der Waals surface area contributed by atoms with Crippen molar-refractivity contribution < 1.29 is 14.3 Å². The Balaban J connectivity index is 1.89. The third-order valence-electron chi connectivity index (χ3n) is 5.05. The maximum atomic E-state index is 13.4. The molecule has 5 nitrogen and oxygen atoms in total. The van der Waals surface area contributed by atoms with Gasteiger partial charge >= 0.3 is 0 Å². The molecule has 2 aromatic carbocycles. The fourth-order valence-electron chi connectivity index (χ4n) is 3.54. The Kier molecular flexibility index (Phi) is 6.26. The van der Waals surface area contributed by atoms with Gasteiger partial charge in [0.15, 0.2) is 0 Å². The van der Waals surface area contributed by atoms with E-state index < -0.39 is 5.54 Å². The van der Waals surface area contributed by atoms with E-state index in [1.165, 1.54) is 0 Å². The number of amides is 2. The lowest BCUT2D eigenvalue weighted by atomic mass is 9.98. The van der Waals surface area contributed by atoms with Gasteiger partial charge in [-0.15, -0.1) is 0 Å². The number of ether oxygens (including phenoxy) is 1. The average molecular weight is 378 g/mol. The summed E-state index contributed by atoms with van der Waals surface area (Å²) in [6, 6.07) is 18.9. The smallest absolute Gasteiger partial charge is 0.255 e. The normalized spacial score (nSPS) is 20.9. The van der Waals surface area contributed by atoms with Crippen molar-refractivity contribution in [1.82, 2.24) is 10.2 Å². The van der Waals surface area contributed by atoms with Gasteiger partial charge in [0, 0.05) is 19.2 Å². The summed E-state index contributed by atoms with van der Waals surface area (Å²) in [7, 11) is 1.59. The van der Waals surface area contributed by atoms with Crippen molar-refractivity contribution in [3.63, 3.8) is 0 Å². The average Bonchev–Trinajstić information content (AvgIpc) is 3.06. The molecule has 1 N–H and O–H groups in total. The molecule has 0 saturated heterocycles. The molecule has 0 fully saturated rings. The summed E-state index contributed by atoms with van der Waals surface area (Å²) in [5.74, 6) is -0.364. The molecule has 0 bridgehead atoms. The summed E-state index contributed by atoms with van der Waals surface area (Å²) in [5, 5.41) is 2.88. The molecule has 0 aliphatic carbocycles. The van der Waals surface area contributed by atoms with Gasteiger partial charge in [0.1, 0.15) is 5.54 Å². The molecule has 3 rings (SSSR count). The summed E-state index contributed by atoms with van der Waals surface area (Å²) in [4.78, 5) is 28.0. The SMILES string of the molecule is COCCNC(=O)[C@@]1(C)C=CC(Cc2ccccc2)N1C(=O)c1ccccc1. The summed E-state index contributed by atoms with van der Waals surface area (Å²) >= 11 is 0. The van der Waals surface area contributed by atoms with Gasteiger partial charge in [0.2, 0.25) is 5.91 Å². The highest BCUT2D eigenvalue weighted by molar-refractivity contribution is 6.01. The van der Waals surface area contributed by atoms with Gasteiger partial charge < -0.3 is 15.0 Å². The number of hydrogen-bond donors (Lipinski definition) is 1. The highest BCUT2D eigenvalue weighted by Gasteiger charge is 2.47. The van der Waals surface area contributed by atoms with Gasteiger partial charge in [-0.25, -0.2) is 0 Å². The zero-order valence-electron chi connectivity index (χ0n) is 16.3. The number of methoxy groups -OCH3 is 1. The van der Waals surface area contributed by atoms with E-state index in [-0.39, 0.29) is 17.9 Å². The maximum Gasteiger partial charge on any atom is 0.255 e. The second-order valence-corrected chi connectivity index (χ2v) is 7.05. The van der Waals surface area contributed by atoms with E-state index in [1.807, 2.05) is 60.7 Å². The van der Waals surface area contributed by atoms with E-state index >= 15 is 0 Å². The molecule has 2 atom stereocenters. The minimum Gasteiger partial charge on any atom is -0.383 e. The first-order chi connectivity index (χ1) is 13.6. The molecule has 1 aliphatic heterocycles. The van der Waals surface area contributed by atoms with Gasteiger partial charge in [-0.3, -0.25) is 9.59 Å². The van der Waals surface area contributed by atoms with Crippen molar-refractivity contribution in [2.45, 2.75) is 24.9 Å². The van der Waals surface area contributed by atoms with Crippen molar-refractivity contribution in [3.8, 4) is 0 Å². The van der Waals surface area contributed by atoms with Gasteiger partial charge in [-0.2, -0.15) is 0 Å². The second-order valence-electron chi connectivity index (χ2n) is 7.05. The minimum absolute atomic E-state index is 0.157. The number of benzene rings is 2. The summed E-state index contributed by atoms with van der Waals surface area (Å²) in [6.07, 6.45) is 4.45. The Labute approximate surface area is 166 Å². The van der Waals surface area contributed by atoms with E-state index in [1.54, 1.807) is 31.1 Å². The van der Waals surface area contributed by atoms with Crippen LogP contribution in [0.1, 0.15) is 22.8 Å². The fraction of sp³-hybridized carbons (Fsp3) is 0.304. The predicted molar refractivity (Wildman–Crippen MR) is 109 cm³/mol. The van der Waals surface area contributed by atoms with Crippen molar-refractivity contribution in [3.05, 3.63) is 83.9 Å². The van der Waals surface area contributed by atoms with Crippen LogP contribution in [0.3, 0.4) is 0 Å². The van der Waals surface area contributed by atoms with Gasteiger partial charge in [-0.1, -0.05) is 60.7 Å². The molecule has 146 valence electrons. The molecule has 0 saturated carbocycles. The topological polar surface area (TPSA) is 58.6 Å². The maximum absolute atomic E-state index is 13.4. The van der Waals surface area contributed by atoms with Gasteiger partial charge in [0.25, 0.3) is 5.91 Å². The lowest BCUT2D eigenvalue weighted by Crippen LogP contribution is -2.58. The van der Waals surface area contributed by atoms with Crippen LogP contribution in [-0.4, -0.2) is 48.6 Å². The van der Waals surface area contributed by atoms with Crippen LogP contribution in [0.15, 0.2) is 72.8 Å². The van der Waals surface area contributed by atoms with Crippen LogP contribution < -0.4 is 5.32 Å². The minimum atomic E-state index is -1.06. The van der Waals surface area contributed by atoms with Crippen LogP contribution in [0.25, 0.3) is 0 Å². The second kappa shape index (κ2) is 8.85. The van der Waals surface area contributed by atoms with E-state index in [2.05, 4.69) is 5.32 Å². The first-order valence-electron chi connectivity index (χ1n) is 9.45. The van der Waals surface area contributed by atoms with E-state index in [0.29, 0.717) is 25.1 Å². The molecule has 5 heteroatoms. The monoisotopic (exact) mass is 378 g/mol. The van der Waals surface area contributed by atoms with Gasteiger partial charge in [-0.05, 0) is 31.0 Å². The lowest BCUT2D eigenvalue weighted by Gasteiger charge is -2.37. The van der Waals surface area contributed by atoms with Gasteiger partial charge in [0.05, 0.1) is 12.6 Å². The Bertz CT molecular complexity index is 835. The van der Waals surface area contributed by atoms with E-state index in [4.69, 9.17) is 4.74 Å².